The topological polar surface area (TPSA) is 38.2 Å². The summed E-state index contributed by atoms with van der Waals surface area (Å²) in [6.45, 7) is 2.05. The molecule has 148 valence electrons. The standard InChI is InChI=1S/C17H17F6N3O/c1-10(2)11-5-4-6-12(7-11)26(3)15-24-8-13(17(21,22)23)14(25-15)27-9-16(18,19)20/h4-8,10H,9H2,1-3H3. The molecule has 10 heteroatoms. The van der Waals surface area contributed by atoms with Crippen LogP contribution in [0.15, 0.2) is 30.5 Å². The van der Waals surface area contributed by atoms with Crippen LogP contribution >= 0.6 is 0 Å². The minimum Gasteiger partial charge on any atom is -0.467 e. The molecule has 0 fully saturated rings. The van der Waals surface area contributed by atoms with Gasteiger partial charge in [-0.1, -0.05) is 26.0 Å². The molecule has 1 heterocycles. The number of nitrogens with zero attached hydrogens (tertiary/aromatic N) is 3. The summed E-state index contributed by atoms with van der Waals surface area (Å²) in [7, 11) is 1.50. The molecule has 2 aromatic rings. The summed E-state index contributed by atoms with van der Waals surface area (Å²) in [6, 6.07) is 7.12. The lowest BCUT2D eigenvalue weighted by Crippen LogP contribution is -2.23. The van der Waals surface area contributed by atoms with Gasteiger partial charge >= 0.3 is 12.4 Å². The van der Waals surface area contributed by atoms with Gasteiger partial charge in [0.2, 0.25) is 11.8 Å². The van der Waals surface area contributed by atoms with E-state index in [0.717, 1.165) is 5.56 Å². The summed E-state index contributed by atoms with van der Waals surface area (Å²) in [5.41, 5.74) is 0.0716. The molecular formula is C17H17F6N3O. The van der Waals surface area contributed by atoms with Gasteiger partial charge in [0.05, 0.1) is 0 Å². The number of rotatable bonds is 5. The van der Waals surface area contributed by atoms with Gasteiger partial charge in [-0.3, -0.25) is 0 Å². The zero-order chi connectivity index (χ0) is 20.4. The third-order valence-electron chi connectivity index (χ3n) is 3.64. The van der Waals surface area contributed by atoms with Crippen molar-refractivity contribution in [2.24, 2.45) is 0 Å². The predicted octanol–water partition coefficient (Wildman–Crippen LogP) is 5.33. The number of benzene rings is 1. The van der Waals surface area contributed by atoms with Gasteiger partial charge in [0, 0.05) is 18.9 Å². The van der Waals surface area contributed by atoms with Gasteiger partial charge in [-0.05, 0) is 23.6 Å². The molecule has 0 atom stereocenters. The van der Waals surface area contributed by atoms with Crippen LogP contribution in [-0.4, -0.2) is 29.8 Å². The van der Waals surface area contributed by atoms with Crippen LogP contribution in [0.5, 0.6) is 5.88 Å². The first-order valence-corrected chi connectivity index (χ1v) is 7.86. The summed E-state index contributed by atoms with van der Waals surface area (Å²) in [5.74, 6) is -1.18. The molecule has 0 aliphatic rings. The number of anilines is 2. The monoisotopic (exact) mass is 393 g/mol. The van der Waals surface area contributed by atoms with E-state index in [1.165, 1.54) is 11.9 Å². The molecule has 0 aliphatic carbocycles. The van der Waals surface area contributed by atoms with Gasteiger partial charge in [0.1, 0.15) is 5.56 Å². The van der Waals surface area contributed by atoms with E-state index < -0.39 is 30.4 Å². The number of halogens is 6. The van der Waals surface area contributed by atoms with Crippen LogP contribution in [0.25, 0.3) is 0 Å². The van der Waals surface area contributed by atoms with E-state index in [2.05, 4.69) is 14.7 Å². The molecule has 0 unspecified atom stereocenters. The number of aromatic nitrogens is 2. The van der Waals surface area contributed by atoms with Gasteiger partial charge in [0.25, 0.3) is 0 Å². The van der Waals surface area contributed by atoms with Gasteiger partial charge in [-0.15, -0.1) is 0 Å². The molecule has 4 nitrogen and oxygen atoms in total. The van der Waals surface area contributed by atoms with Crippen LogP contribution in [0.4, 0.5) is 38.0 Å². The molecule has 0 saturated carbocycles. The lowest BCUT2D eigenvalue weighted by Gasteiger charge is -2.21. The van der Waals surface area contributed by atoms with E-state index in [4.69, 9.17) is 0 Å². The smallest absolute Gasteiger partial charge is 0.423 e. The predicted molar refractivity (Wildman–Crippen MR) is 87.2 cm³/mol. The van der Waals surface area contributed by atoms with Gasteiger partial charge in [-0.25, -0.2) is 4.98 Å². The van der Waals surface area contributed by atoms with E-state index >= 15 is 0 Å². The van der Waals surface area contributed by atoms with Gasteiger partial charge in [-0.2, -0.15) is 31.3 Å². The van der Waals surface area contributed by atoms with Crippen molar-refractivity contribution in [3.05, 3.63) is 41.6 Å². The summed E-state index contributed by atoms with van der Waals surface area (Å²) in [4.78, 5) is 8.57. The SMILES string of the molecule is CC(C)c1cccc(N(C)c2ncc(C(F)(F)F)c(OCC(F)(F)F)n2)c1. The highest BCUT2D eigenvalue weighted by atomic mass is 19.4. The minimum atomic E-state index is -4.95. The normalized spacial score (nSPS) is 12.4. The minimum absolute atomic E-state index is 0.206. The van der Waals surface area contributed by atoms with E-state index in [1.54, 1.807) is 18.2 Å². The van der Waals surface area contributed by atoms with Crippen LogP contribution in [0.1, 0.15) is 30.9 Å². The Balaban J connectivity index is 2.41. The molecule has 1 aromatic carbocycles. The molecule has 0 N–H and O–H groups in total. The highest BCUT2D eigenvalue weighted by molar-refractivity contribution is 5.58. The van der Waals surface area contributed by atoms with E-state index in [9.17, 15) is 26.3 Å². The molecule has 0 radical (unpaired) electrons. The molecule has 0 bridgehead atoms. The average molecular weight is 393 g/mol. The zero-order valence-electron chi connectivity index (χ0n) is 14.7. The van der Waals surface area contributed by atoms with E-state index in [0.29, 0.717) is 11.9 Å². The quantitative estimate of drug-likeness (QED) is 0.644. The van der Waals surface area contributed by atoms with Crippen LogP contribution < -0.4 is 9.64 Å². The van der Waals surface area contributed by atoms with Crippen molar-refractivity contribution in [2.75, 3.05) is 18.6 Å². The number of hydrogen-bond acceptors (Lipinski definition) is 4. The number of alkyl halides is 6. The van der Waals surface area contributed by atoms with E-state index in [1.807, 2.05) is 19.9 Å². The van der Waals surface area contributed by atoms with Crippen molar-refractivity contribution in [3.8, 4) is 5.88 Å². The highest BCUT2D eigenvalue weighted by Crippen LogP contribution is 2.36. The maximum absolute atomic E-state index is 13.0. The Morgan fingerprint density at radius 1 is 1.11 bits per heavy atom. The second kappa shape index (κ2) is 7.61. The van der Waals surface area contributed by atoms with Crippen LogP contribution in [0.2, 0.25) is 0 Å². The van der Waals surface area contributed by atoms with Crippen LogP contribution in [0.3, 0.4) is 0 Å². The fourth-order valence-electron chi connectivity index (χ4n) is 2.18. The summed E-state index contributed by atoms with van der Waals surface area (Å²) >= 11 is 0. The third-order valence-corrected chi connectivity index (χ3v) is 3.64. The van der Waals surface area contributed by atoms with E-state index in [-0.39, 0.29) is 11.9 Å². The van der Waals surface area contributed by atoms with Crippen LogP contribution in [0, 0.1) is 0 Å². The van der Waals surface area contributed by atoms with Gasteiger partial charge < -0.3 is 9.64 Å². The molecule has 0 amide bonds. The largest absolute Gasteiger partial charge is 0.467 e. The fourth-order valence-corrected chi connectivity index (χ4v) is 2.18. The van der Waals surface area contributed by atoms with Crippen molar-refractivity contribution >= 4 is 11.6 Å². The molecular weight excluding hydrogens is 376 g/mol. The van der Waals surface area contributed by atoms with Crippen molar-refractivity contribution in [3.63, 3.8) is 0 Å². The molecule has 1 aromatic heterocycles. The summed E-state index contributed by atoms with van der Waals surface area (Å²) < 4.78 is 80.4. The molecule has 0 saturated heterocycles. The highest BCUT2D eigenvalue weighted by Gasteiger charge is 2.38. The Morgan fingerprint density at radius 2 is 1.78 bits per heavy atom. The first-order valence-electron chi connectivity index (χ1n) is 7.86. The van der Waals surface area contributed by atoms with Crippen molar-refractivity contribution < 1.29 is 31.1 Å². The first kappa shape index (κ1) is 20.8. The second-order valence-electron chi connectivity index (χ2n) is 6.10. The lowest BCUT2D eigenvalue weighted by molar-refractivity contribution is -0.159. The Hall–Kier alpha value is -2.52. The van der Waals surface area contributed by atoms with Crippen molar-refractivity contribution in [1.82, 2.24) is 9.97 Å². The molecule has 27 heavy (non-hydrogen) atoms. The lowest BCUT2D eigenvalue weighted by atomic mass is 10.0. The van der Waals surface area contributed by atoms with Gasteiger partial charge in [0.15, 0.2) is 6.61 Å². The maximum Gasteiger partial charge on any atom is 0.423 e. The number of ether oxygens (including phenoxy) is 1. The first-order chi connectivity index (χ1) is 12.4. The summed E-state index contributed by atoms with van der Waals surface area (Å²) in [6.07, 6.45) is -9.34. The van der Waals surface area contributed by atoms with Crippen molar-refractivity contribution in [1.29, 1.82) is 0 Å². The van der Waals surface area contributed by atoms with Crippen LogP contribution in [-0.2, 0) is 6.18 Å². The number of hydrogen-bond donors (Lipinski definition) is 0. The average Bonchev–Trinajstić information content (AvgIpc) is 2.57. The molecule has 0 spiro atoms. The third kappa shape index (κ3) is 5.48. The fraction of sp³-hybridized carbons (Fsp3) is 0.412. The summed E-state index contributed by atoms with van der Waals surface area (Å²) in [5, 5.41) is 0. The second-order valence-corrected chi connectivity index (χ2v) is 6.10. The Bertz CT molecular complexity index is 789. The molecule has 0 aliphatic heterocycles. The zero-order valence-corrected chi connectivity index (χ0v) is 14.7. The Kier molecular flexibility index (Phi) is 5.86. The molecule has 2 rings (SSSR count). The maximum atomic E-state index is 13.0. The van der Waals surface area contributed by atoms with Crippen molar-refractivity contribution in [2.45, 2.75) is 32.1 Å². The Morgan fingerprint density at radius 3 is 2.33 bits per heavy atom. The Labute approximate surface area is 151 Å².